The first-order valence-electron chi connectivity index (χ1n) is 5.38. The molecule has 102 valence electrons. The molecule has 1 heterocycles. The van der Waals surface area contributed by atoms with Crippen molar-refractivity contribution >= 4 is 21.4 Å². The SMILES string of the molecule is Nc1cc(S(N)(=O)=O)ccc1NCCc1ncon1. The minimum Gasteiger partial charge on any atom is -0.397 e. The standard InChI is InChI=1S/C10H13N5O3S/c11-8-5-7(19(12,16)17)1-2-9(8)13-4-3-10-14-6-18-15-10/h1-2,5-6,13H,3-4,11H2,(H2,12,16,17). The molecule has 2 aromatic rings. The van der Waals surface area contributed by atoms with Crippen molar-refractivity contribution in [1.82, 2.24) is 10.1 Å². The highest BCUT2D eigenvalue weighted by atomic mass is 32.2. The maximum Gasteiger partial charge on any atom is 0.238 e. The molecule has 5 N–H and O–H groups in total. The monoisotopic (exact) mass is 283 g/mol. The maximum atomic E-state index is 11.1. The summed E-state index contributed by atoms with van der Waals surface area (Å²) < 4.78 is 26.9. The molecule has 0 unspecified atom stereocenters. The van der Waals surface area contributed by atoms with E-state index in [1.165, 1.54) is 18.5 Å². The van der Waals surface area contributed by atoms with Gasteiger partial charge in [0.2, 0.25) is 16.4 Å². The Hall–Kier alpha value is -2.13. The van der Waals surface area contributed by atoms with E-state index < -0.39 is 10.0 Å². The second-order valence-electron chi connectivity index (χ2n) is 3.82. The fourth-order valence-electron chi connectivity index (χ4n) is 1.49. The van der Waals surface area contributed by atoms with Crippen molar-refractivity contribution in [3.8, 4) is 0 Å². The van der Waals surface area contributed by atoms with Crippen LogP contribution in [0.1, 0.15) is 5.82 Å². The van der Waals surface area contributed by atoms with E-state index >= 15 is 0 Å². The van der Waals surface area contributed by atoms with Gasteiger partial charge in [0.05, 0.1) is 16.3 Å². The maximum absolute atomic E-state index is 11.1. The molecule has 0 aliphatic carbocycles. The molecule has 0 aliphatic heterocycles. The number of nitrogens with zero attached hydrogens (tertiary/aromatic N) is 2. The number of rotatable bonds is 5. The smallest absolute Gasteiger partial charge is 0.238 e. The van der Waals surface area contributed by atoms with Gasteiger partial charge in [-0.2, -0.15) is 4.98 Å². The van der Waals surface area contributed by atoms with Crippen molar-refractivity contribution in [1.29, 1.82) is 0 Å². The molecule has 2 rings (SSSR count). The highest BCUT2D eigenvalue weighted by Gasteiger charge is 2.09. The number of sulfonamides is 1. The molecule has 0 bridgehead atoms. The molecule has 1 aromatic heterocycles. The van der Waals surface area contributed by atoms with Gasteiger partial charge in [-0.15, -0.1) is 0 Å². The predicted molar refractivity (Wildman–Crippen MR) is 68.7 cm³/mol. The van der Waals surface area contributed by atoms with Crippen molar-refractivity contribution < 1.29 is 12.9 Å². The second-order valence-corrected chi connectivity index (χ2v) is 5.38. The summed E-state index contributed by atoms with van der Waals surface area (Å²) in [5.74, 6) is 0.576. The summed E-state index contributed by atoms with van der Waals surface area (Å²) in [4.78, 5) is 3.85. The molecule has 0 aliphatic rings. The van der Waals surface area contributed by atoms with Crippen LogP contribution >= 0.6 is 0 Å². The highest BCUT2D eigenvalue weighted by molar-refractivity contribution is 7.89. The fraction of sp³-hybridized carbons (Fsp3) is 0.200. The molecule has 19 heavy (non-hydrogen) atoms. The Morgan fingerprint density at radius 3 is 2.74 bits per heavy atom. The molecule has 8 nitrogen and oxygen atoms in total. The Bertz CT molecular complexity index is 654. The highest BCUT2D eigenvalue weighted by Crippen LogP contribution is 2.21. The lowest BCUT2D eigenvalue weighted by molar-refractivity contribution is 0.410. The Labute approximate surface area is 109 Å². The van der Waals surface area contributed by atoms with Crippen LogP contribution in [0, 0.1) is 0 Å². The molecule has 0 saturated carbocycles. The topological polar surface area (TPSA) is 137 Å². The second kappa shape index (κ2) is 5.24. The molecule has 0 spiro atoms. The van der Waals surface area contributed by atoms with Gasteiger partial charge in [-0.05, 0) is 18.2 Å². The van der Waals surface area contributed by atoms with Gasteiger partial charge in [-0.3, -0.25) is 0 Å². The molecule has 0 saturated heterocycles. The Kier molecular flexibility index (Phi) is 3.67. The number of hydrogen-bond donors (Lipinski definition) is 3. The number of nitrogens with two attached hydrogens (primary N) is 2. The minimum absolute atomic E-state index is 0.0197. The summed E-state index contributed by atoms with van der Waals surface area (Å²) >= 11 is 0. The first-order chi connectivity index (χ1) is 8.97. The number of hydrogen-bond acceptors (Lipinski definition) is 7. The number of anilines is 2. The Balaban J connectivity index is 2.01. The molecule has 1 aromatic carbocycles. The molecule has 0 fully saturated rings. The van der Waals surface area contributed by atoms with E-state index in [0.717, 1.165) is 0 Å². The van der Waals surface area contributed by atoms with Gasteiger partial charge in [0.25, 0.3) is 0 Å². The lowest BCUT2D eigenvalue weighted by Crippen LogP contribution is -2.13. The average molecular weight is 283 g/mol. The van der Waals surface area contributed by atoms with E-state index in [9.17, 15) is 8.42 Å². The summed E-state index contributed by atoms with van der Waals surface area (Å²) in [5.41, 5.74) is 6.67. The zero-order valence-corrected chi connectivity index (χ0v) is 10.7. The third-order valence-electron chi connectivity index (χ3n) is 2.42. The molecule has 0 amide bonds. The van der Waals surface area contributed by atoms with Crippen LogP contribution in [-0.2, 0) is 16.4 Å². The van der Waals surface area contributed by atoms with Gasteiger partial charge in [-0.1, -0.05) is 5.16 Å². The van der Waals surface area contributed by atoms with Crippen LogP contribution in [0.4, 0.5) is 11.4 Å². The lowest BCUT2D eigenvalue weighted by atomic mass is 10.2. The van der Waals surface area contributed by atoms with Crippen molar-refractivity contribution in [2.24, 2.45) is 5.14 Å². The van der Waals surface area contributed by atoms with Crippen molar-refractivity contribution in [2.45, 2.75) is 11.3 Å². The molecular weight excluding hydrogens is 270 g/mol. The molecule has 0 radical (unpaired) electrons. The van der Waals surface area contributed by atoms with Gasteiger partial charge in [0.15, 0.2) is 5.82 Å². The van der Waals surface area contributed by atoms with Crippen LogP contribution in [0.5, 0.6) is 0 Å². The van der Waals surface area contributed by atoms with Crippen LogP contribution in [0.2, 0.25) is 0 Å². The van der Waals surface area contributed by atoms with Gasteiger partial charge in [0.1, 0.15) is 0 Å². The number of benzene rings is 1. The van der Waals surface area contributed by atoms with Crippen LogP contribution < -0.4 is 16.2 Å². The number of nitrogens with one attached hydrogen (secondary N) is 1. The molecule has 9 heteroatoms. The zero-order valence-electron chi connectivity index (χ0n) is 9.91. The third-order valence-corrected chi connectivity index (χ3v) is 3.33. The predicted octanol–water partition coefficient (Wildman–Crippen LogP) is -0.0462. The van der Waals surface area contributed by atoms with E-state index in [-0.39, 0.29) is 4.90 Å². The first-order valence-corrected chi connectivity index (χ1v) is 6.93. The van der Waals surface area contributed by atoms with Crippen LogP contribution in [0.25, 0.3) is 0 Å². The van der Waals surface area contributed by atoms with Gasteiger partial charge in [0, 0.05) is 13.0 Å². The van der Waals surface area contributed by atoms with E-state index in [2.05, 4.69) is 20.0 Å². The number of primary sulfonamides is 1. The first kappa shape index (κ1) is 13.3. The van der Waals surface area contributed by atoms with Gasteiger partial charge >= 0.3 is 0 Å². The summed E-state index contributed by atoms with van der Waals surface area (Å²) in [5, 5.41) is 11.7. The molecular formula is C10H13N5O3S. The van der Waals surface area contributed by atoms with Crippen molar-refractivity contribution in [3.05, 3.63) is 30.4 Å². The minimum atomic E-state index is -3.74. The number of nitrogen functional groups attached to an aromatic ring is 1. The fourth-order valence-corrected chi connectivity index (χ4v) is 2.04. The molecule has 0 atom stereocenters. The summed E-state index contributed by atoms with van der Waals surface area (Å²) in [6.45, 7) is 0.540. The summed E-state index contributed by atoms with van der Waals surface area (Å²) in [6.07, 6.45) is 1.82. The van der Waals surface area contributed by atoms with E-state index in [1.54, 1.807) is 6.07 Å². The van der Waals surface area contributed by atoms with Gasteiger partial charge in [-0.25, -0.2) is 13.6 Å². The van der Waals surface area contributed by atoms with Crippen LogP contribution in [-0.4, -0.2) is 25.1 Å². The largest absolute Gasteiger partial charge is 0.397 e. The van der Waals surface area contributed by atoms with Crippen LogP contribution in [0.3, 0.4) is 0 Å². The van der Waals surface area contributed by atoms with E-state index in [1.807, 2.05) is 0 Å². The summed E-state index contributed by atoms with van der Waals surface area (Å²) in [7, 11) is -3.74. The van der Waals surface area contributed by atoms with Crippen molar-refractivity contribution in [2.75, 3.05) is 17.6 Å². The lowest BCUT2D eigenvalue weighted by Gasteiger charge is -2.09. The van der Waals surface area contributed by atoms with Crippen LogP contribution in [0.15, 0.2) is 34.0 Å². The third kappa shape index (κ3) is 3.42. The van der Waals surface area contributed by atoms with Crippen molar-refractivity contribution in [3.63, 3.8) is 0 Å². The van der Waals surface area contributed by atoms with Gasteiger partial charge < -0.3 is 15.6 Å². The van der Waals surface area contributed by atoms with E-state index in [4.69, 9.17) is 10.9 Å². The Morgan fingerprint density at radius 2 is 2.16 bits per heavy atom. The normalized spacial score (nSPS) is 11.4. The number of aromatic nitrogens is 2. The quantitative estimate of drug-likeness (QED) is 0.654. The zero-order chi connectivity index (χ0) is 13.9. The summed E-state index contributed by atoms with van der Waals surface area (Å²) in [6, 6.07) is 4.26. The van der Waals surface area contributed by atoms with E-state index in [0.29, 0.717) is 30.2 Å². The average Bonchev–Trinajstić information content (AvgIpc) is 2.83. The Morgan fingerprint density at radius 1 is 1.37 bits per heavy atom.